The van der Waals surface area contributed by atoms with Crippen molar-refractivity contribution in [3.63, 3.8) is 0 Å². The molecule has 0 aliphatic rings. The van der Waals surface area contributed by atoms with E-state index in [1.807, 2.05) is 30.3 Å². The van der Waals surface area contributed by atoms with Gasteiger partial charge in [-0.1, -0.05) is 54.6 Å². The molecule has 4 aromatic carbocycles. The lowest BCUT2D eigenvalue weighted by Gasteiger charge is -2.34. The molecule has 0 saturated carbocycles. The molecule has 0 fully saturated rings. The molecular weight excluding hydrogens is 597 g/mol. The number of sulfonamides is 1. The quantitative estimate of drug-likeness (QED) is 0.214. The molecule has 0 bridgehead atoms. The third-order valence-electron chi connectivity index (χ3n) is 7.17. The van der Waals surface area contributed by atoms with Crippen LogP contribution in [-0.2, 0) is 32.6 Å². The van der Waals surface area contributed by atoms with Gasteiger partial charge >= 0.3 is 0 Å². The topological polar surface area (TPSA) is 105 Å². The van der Waals surface area contributed by atoms with Crippen LogP contribution in [0, 0.1) is 5.82 Å². The van der Waals surface area contributed by atoms with Gasteiger partial charge in [0.15, 0.2) is 0 Å². The molecule has 45 heavy (non-hydrogen) atoms. The molecule has 0 aliphatic heterocycles. The Labute approximate surface area is 263 Å². The Bertz CT molecular complexity index is 1680. The molecule has 4 rings (SSSR count). The van der Waals surface area contributed by atoms with Crippen LogP contribution in [0.2, 0.25) is 0 Å². The van der Waals surface area contributed by atoms with Crippen LogP contribution in [0.1, 0.15) is 18.1 Å². The third-order valence-corrected chi connectivity index (χ3v) is 8.94. The van der Waals surface area contributed by atoms with Gasteiger partial charge in [0, 0.05) is 19.5 Å². The first-order valence-corrected chi connectivity index (χ1v) is 15.8. The second kappa shape index (κ2) is 15.2. The van der Waals surface area contributed by atoms with Gasteiger partial charge < -0.3 is 19.7 Å². The summed E-state index contributed by atoms with van der Waals surface area (Å²) in [6.07, 6.45) is 0.166. The number of carbonyl (C=O) groups is 2. The van der Waals surface area contributed by atoms with Crippen molar-refractivity contribution < 1.29 is 31.9 Å². The first-order chi connectivity index (χ1) is 21.7. The minimum Gasteiger partial charge on any atom is -0.497 e. The van der Waals surface area contributed by atoms with Gasteiger partial charge in [-0.05, 0) is 66.6 Å². The molecule has 11 heteroatoms. The second-order valence-electron chi connectivity index (χ2n) is 10.1. The van der Waals surface area contributed by atoms with E-state index in [4.69, 9.17) is 9.47 Å². The molecule has 0 heterocycles. The van der Waals surface area contributed by atoms with Crippen molar-refractivity contribution in [1.82, 2.24) is 10.2 Å². The monoisotopic (exact) mass is 633 g/mol. The van der Waals surface area contributed by atoms with Crippen LogP contribution in [-0.4, -0.2) is 58.5 Å². The van der Waals surface area contributed by atoms with Gasteiger partial charge in [-0.2, -0.15) is 0 Å². The van der Waals surface area contributed by atoms with Gasteiger partial charge in [-0.15, -0.1) is 0 Å². The Morgan fingerprint density at radius 3 is 2.09 bits per heavy atom. The highest BCUT2D eigenvalue weighted by atomic mass is 32.2. The summed E-state index contributed by atoms with van der Waals surface area (Å²) in [6.45, 7) is 1.37. The second-order valence-corrected chi connectivity index (χ2v) is 12.0. The molecule has 0 saturated heterocycles. The third kappa shape index (κ3) is 8.18. The predicted octanol–water partition coefficient (Wildman–Crippen LogP) is 4.81. The standard InChI is InChI=1S/C34H36FN3O6S/c1-4-36-34(40)31(22-25-10-6-5-7-11-25)37(23-26-14-16-27(35)17-15-26)33(39)24-38(30-12-8-9-13-32(30)44-3)45(41,42)29-20-18-28(43-2)19-21-29/h5-21,31H,4,22-24H2,1-3H3,(H,36,40)/t31-/m1/s1. The van der Waals surface area contributed by atoms with E-state index in [0.717, 1.165) is 9.87 Å². The number of carbonyl (C=O) groups excluding carboxylic acids is 2. The average Bonchev–Trinajstić information content (AvgIpc) is 3.06. The van der Waals surface area contributed by atoms with E-state index in [9.17, 15) is 22.4 Å². The molecular formula is C34H36FN3O6S. The highest BCUT2D eigenvalue weighted by Gasteiger charge is 2.35. The highest BCUT2D eigenvalue weighted by molar-refractivity contribution is 7.92. The normalized spacial score (nSPS) is 11.7. The molecule has 0 aromatic heterocycles. The van der Waals surface area contributed by atoms with Crippen molar-refractivity contribution in [2.45, 2.75) is 30.8 Å². The Morgan fingerprint density at radius 2 is 1.47 bits per heavy atom. The van der Waals surface area contributed by atoms with E-state index < -0.39 is 40.2 Å². The van der Waals surface area contributed by atoms with Crippen molar-refractivity contribution in [3.05, 3.63) is 120 Å². The number of nitrogens with zero attached hydrogens (tertiary/aromatic N) is 2. The fraction of sp³-hybridized carbons (Fsp3) is 0.235. The van der Waals surface area contributed by atoms with Crippen LogP contribution in [0.25, 0.3) is 0 Å². The lowest BCUT2D eigenvalue weighted by molar-refractivity contribution is -0.140. The Balaban J connectivity index is 1.81. The number of hydrogen-bond donors (Lipinski definition) is 1. The number of benzene rings is 4. The SMILES string of the molecule is CCNC(=O)[C@@H](Cc1ccccc1)N(Cc1ccc(F)cc1)C(=O)CN(c1ccccc1OC)S(=O)(=O)c1ccc(OC)cc1. The van der Waals surface area contributed by atoms with Crippen LogP contribution in [0.3, 0.4) is 0 Å². The van der Waals surface area contributed by atoms with Crippen molar-refractivity contribution >= 4 is 27.5 Å². The van der Waals surface area contributed by atoms with Crippen LogP contribution in [0.15, 0.2) is 108 Å². The molecule has 1 atom stereocenters. The molecule has 4 aromatic rings. The number of likely N-dealkylation sites (N-methyl/N-ethyl adjacent to an activating group) is 1. The number of nitrogens with one attached hydrogen (secondary N) is 1. The van der Waals surface area contributed by atoms with E-state index in [0.29, 0.717) is 17.9 Å². The maximum absolute atomic E-state index is 14.4. The summed E-state index contributed by atoms with van der Waals surface area (Å²) in [5, 5.41) is 2.81. The number of ether oxygens (including phenoxy) is 2. The first-order valence-electron chi connectivity index (χ1n) is 14.3. The minimum absolute atomic E-state index is 0.0725. The molecule has 9 nitrogen and oxygen atoms in total. The number of para-hydroxylation sites is 2. The summed E-state index contributed by atoms with van der Waals surface area (Å²) >= 11 is 0. The molecule has 2 amide bonds. The molecule has 236 valence electrons. The zero-order valence-corrected chi connectivity index (χ0v) is 26.2. The van der Waals surface area contributed by atoms with E-state index in [-0.39, 0.29) is 29.3 Å². The molecule has 1 N–H and O–H groups in total. The Morgan fingerprint density at radius 1 is 0.822 bits per heavy atom. The van der Waals surface area contributed by atoms with Crippen molar-refractivity contribution in [1.29, 1.82) is 0 Å². The Kier molecular flexibility index (Phi) is 11.2. The Hall–Kier alpha value is -4.90. The first kappa shape index (κ1) is 33.0. The predicted molar refractivity (Wildman–Crippen MR) is 170 cm³/mol. The van der Waals surface area contributed by atoms with Crippen LogP contribution < -0.4 is 19.1 Å². The van der Waals surface area contributed by atoms with E-state index in [2.05, 4.69) is 5.32 Å². The van der Waals surface area contributed by atoms with Gasteiger partial charge in [-0.25, -0.2) is 12.8 Å². The molecule has 0 spiro atoms. The summed E-state index contributed by atoms with van der Waals surface area (Å²) in [7, 11) is -1.45. The zero-order chi connectivity index (χ0) is 32.4. The minimum atomic E-state index is -4.33. The van der Waals surface area contributed by atoms with Crippen molar-refractivity contribution in [2.75, 3.05) is 31.6 Å². The summed E-state index contributed by atoms with van der Waals surface area (Å²) in [6, 6.07) is 26.1. The van der Waals surface area contributed by atoms with Gasteiger partial charge in [0.05, 0.1) is 24.8 Å². The zero-order valence-electron chi connectivity index (χ0n) is 25.4. The number of rotatable bonds is 14. The van der Waals surface area contributed by atoms with Gasteiger partial charge in [0.2, 0.25) is 11.8 Å². The van der Waals surface area contributed by atoms with E-state index >= 15 is 0 Å². The summed E-state index contributed by atoms with van der Waals surface area (Å²) < 4.78 is 53.8. The molecule has 0 aliphatic carbocycles. The van der Waals surface area contributed by atoms with Gasteiger partial charge in [0.1, 0.15) is 29.9 Å². The number of anilines is 1. The lowest BCUT2D eigenvalue weighted by Crippen LogP contribution is -2.53. The average molecular weight is 634 g/mol. The van der Waals surface area contributed by atoms with E-state index in [1.165, 1.54) is 67.7 Å². The van der Waals surface area contributed by atoms with Crippen LogP contribution >= 0.6 is 0 Å². The summed E-state index contributed by atoms with van der Waals surface area (Å²) in [5.74, 6) is -0.802. The highest BCUT2D eigenvalue weighted by Crippen LogP contribution is 2.33. The van der Waals surface area contributed by atoms with Crippen molar-refractivity contribution in [2.24, 2.45) is 0 Å². The lowest BCUT2D eigenvalue weighted by atomic mass is 10.0. The largest absolute Gasteiger partial charge is 0.497 e. The van der Waals surface area contributed by atoms with E-state index in [1.54, 1.807) is 31.2 Å². The fourth-order valence-electron chi connectivity index (χ4n) is 4.86. The molecule has 0 radical (unpaired) electrons. The van der Waals surface area contributed by atoms with Gasteiger partial charge in [-0.3, -0.25) is 13.9 Å². The smallest absolute Gasteiger partial charge is 0.264 e. The maximum atomic E-state index is 14.4. The van der Waals surface area contributed by atoms with Gasteiger partial charge in [0.25, 0.3) is 10.0 Å². The molecule has 0 unspecified atom stereocenters. The summed E-state index contributed by atoms with van der Waals surface area (Å²) in [5.41, 5.74) is 1.51. The number of hydrogen-bond acceptors (Lipinski definition) is 6. The number of amides is 2. The fourth-order valence-corrected chi connectivity index (χ4v) is 6.28. The number of methoxy groups -OCH3 is 2. The maximum Gasteiger partial charge on any atom is 0.264 e. The number of halogens is 1. The van der Waals surface area contributed by atoms with Crippen molar-refractivity contribution in [3.8, 4) is 11.5 Å². The van der Waals surface area contributed by atoms with Crippen LogP contribution in [0.4, 0.5) is 10.1 Å². The van der Waals surface area contributed by atoms with Crippen LogP contribution in [0.5, 0.6) is 11.5 Å². The summed E-state index contributed by atoms with van der Waals surface area (Å²) in [4.78, 5) is 29.2.